The average molecular weight is 373 g/mol. The Hall–Kier alpha value is -0.300. The van der Waals surface area contributed by atoms with Crippen molar-refractivity contribution in [1.29, 1.82) is 0 Å². The molecule has 154 valence electrons. The van der Waals surface area contributed by atoms with Crippen LogP contribution in [-0.4, -0.2) is 11.2 Å². The van der Waals surface area contributed by atoms with E-state index in [1.165, 1.54) is 64.2 Å². The molecule has 1 heteroatoms. The Morgan fingerprint density at radius 1 is 1.04 bits per heavy atom. The van der Waals surface area contributed by atoms with Gasteiger partial charge in [0.2, 0.25) is 0 Å². The molecule has 4 aliphatic rings. The van der Waals surface area contributed by atoms with Crippen LogP contribution in [0.1, 0.15) is 105 Å². The van der Waals surface area contributed by atoms with Crippen molar-refractivity contribution in [2.45, 2.75) is 111 Å². The fraction of sp³-hybridized carbons (Fsp3) is 0.923. The Balaban J connectivity index is 1.46. The van der Waals surface area contributed by atoms with Crippen LogP contribution in [0.2, 0.25) is 0 Å². The van der Waals surface area contributed by atoms with Gasteiger partial charge in [-0.15, -0.1) is 0 Å². The van der Waals surface area contributed by atoms with Crippen LogP contribution < -0.4 is 0 Å². The Morgan fingerprint density at radius 2 is 1.85 bits per heavy atom. The molecule has 3 saturated carbocycles. The van der Waals surface area contributed by atoms with E-state index < -0.39 is 0 Å². The van der Waals surface area contributed by atoms with E-state index in [-0.39, 0.29) is 6.10 Å². The lowest BCUT2D eigenvalue weighted by Crippen LogP contribution is -2.50. The summed E-state index contributed by atoms with van der Waals surface area (Å²) in [4.78, 5) is 0. The maximum atomic E-state index is 10.2. The highest BCUT2D eigenvalue weighted by Gasteiger charge is 2.58. The van der Waals surface area contributed by atoms with Crippen molar-refractivity contribution in [3.63, 3.8) is 0 Å². The highest BCUT2D eigenvalue weighted by atomic mass is 16.3. The smallest absolute Gasteiger partial charge is 0.0577 e. The van der Waals surface area contributed by atoms with Gasteiger partial charge >= 0.3 is 0 Å². The van der Waals surface area contributed by atoms with E-state index in [2.05, 4.69) is 33.8 Å². The summed E-state index contributed by atoms with van der Waals surface area (Å²) >= 11 is 0. The number of allylic oxidation sites excluding steroid dienone is 1. The second-order valence-electron chi connectivity index (χ2n) is 11.7. The molecule has 27 heavy (non-hydrogen) atoms. The Morgan fingerprint density at radius 3 is 2.63 bits per heavy atom. The standard InChI is InChI=1S/C26H44O/c1-18(2)7-5-6-8-19-10-12-23-22-11-9-20-17-21(27)13-15-26(20,4)24(22)14-16-25(19,23)3/h9,18-19,21-24,27H,5-8,10-17H2,1-4H3/t19?,21-,22?,23?,24?,25+,26-/m0/s1. The molecule has 1 nitrogen and oxygen atoms in total. The van der Waals surface area contributed by atoms with Crippen molar-refractivity contribution >= 4 is 0 Å². The Labute approximate surface area is 168 Å². The molecule has 4 aliphatic carbocycles. The van der Waals surface area contributed by atoms with E-state index in [9.17, 15) is 5.11 Å². The predicted molar refractivity (Wildman–Crippen MR) is 115 cm³/mol. The highest BCUT2D eigenvalue weighted by molar-refractivity contribution is 5.25. The van der Waals surface area contributed by atoms with Crippen LogP contribution in [0.5, 0.6) is 0 Å². The van der Waals surface area contributed by atoms with Gasteiger partial charge in [0.05, 0.1) is 6.10 Å². The average Bonchev–Trinajstić information content (AvgIpc) is 2.96. The van der Waals surface area contributed by atoms with Crippen LogP contribution in [-0.2, 0) is 0 Å². The van der Waals surface area contributed by atoms with E-state index in [1.807, 2.05) is 0 Å². The molecule has 4 rings (SSSR count). The summed E-state index contributed by atoms with van der Waals surface area (Å²) in [6.07, 6.45) is 18.7. The number of aliphatic hydroxyl groups excluding tert-OH is 1. The van der Waals surface area contributed by atoms with E-state index in [4.69, 9.17) is 0 Å². The van der Waals surface area contributed by atoms with E-state index in [0.29, 0.717) is 10.8 Å². The van der Waals surface area contributed by atoms with Crippen LogP contribution in [0.15, 0.2) is 11.6 Å². The van der Waals surface area contributed by atoms with Crippen LogP contribution in [0.4, 0.5) is 0 Å². The summed E-state index contributed by atoms with van der Waals surface area (Å²) in [7, 11) is 0. The van der Waals surface area contributed by atoms with Gasteiger partial charge < -0.3 is 5.11 Å². The number of unbranched alkanes of at least 4 members (excludes halogenated alkanes) is 1. The first-order valence-corrected chi connectivity index (χ1v) is 12.2. The third-order valence-corrected chi connectivity index (χ3v) is 9.86. The Kier molecular flexibility index (Phi) is 5.56. The molecule has 0 radical (unpaired) electrons. The summed E-state index contributed by atoms with van der Waals surface area (Å²) in [5.41, 5.74) is 2.64. The second kappa shape index (κ2) is 7.51. The molecule has 0 saturated heterocycles. The largest absolute Gasteiger partial charge is 0.393 e. The molecule has 0 bridgehead atoms. The van der Waals surface area contributed by atoms with Gasteiger partial charge in [-0.05, 0) is 98.2 Å². The van der Waals surface area contributed by atoms with Crippen molar-refractivity contribution in [1.82, 2.24) is 0 Å². The zero-order chi connectivity index (χ0) is 19.2. The molecule has 0 heterocycles. The van der Waals surface area contributed by atoms with Gasteiger partial charge in [0, 0.05) is 0 Å². The van der Waals surface area contributed by atoms with Gasteiger partial charge in [0.25, 0.3) is 0 Å². The molecule has 0 amide bonds. The lowest BCUT2D eigenvalue weighted by Gasteiger charge is -2.58. The summed E-state index contributed by atoms with van der Waals surface area (Å²) in [5, 5.41) is 10.2. The highest BCUT2D eigenvalue weighted by Crippen LogP contribution is 2.66. The first kappa shape index (κ1) is 20.0. The summed E-state index contributed by atoms with van der Waals surface area (Å²) < 4.78 is 0. The van der Waals surface area contributed by atoms with Crippen molar-refractivity contribution in [3.05, 3.63) is 11.6 Å². The van der Waals surface area contributed by atoms with Crippen molar-refractivity contribution in [3.8, 4) is 0 Å². The maximum Gasteiger partial charge on any atom is 0.0577 e. The summed E-state index contributed by atoms with van der Waals surface area (Å²) in [6, 6.07) is 0. The van der Waals surface area contributed by atoms with E-state index in [0.717, 1.165) is 42.4 Å². The minimum Gasteiger partial charge on any atom is -0.393 e. The lowest BCUT2D eigenvalue weighted by atomic mass is 9.47. The van der Waals surface area contributed by atoms with Gasteiger partial charge in [-0.2, -0.15) is 0 Å². The van der Waals surface area contributed by atoms with Gasteiger partial charge in [-0.25, -0.2) is 0 Å². The molecular weight excluding hydrogens is 328 g/mol. The summed E-state index contributed by atoms with van der Waals surface area (Å²) in [5.74, 6) is 4.64. The van der Waals surface area contributed by atoms with E-state index >= 15 is 0 Å². The third-order valence-electron chi connectivity index (χ3n) is 9.86. The van der Waals surface area contributed by atoms with Crippen molar-refractivity contribution in [2.24, 2.45) is 40.4 Å². The zero-order valence-corrected chi connectivity index (χ0v) is 18.5. The molecule has 3 fully saturated rings. The molecule has 0 aromatic carbocycles. The molecular formula is C26H44O. The minimum atomic E-state index is -0.0727. The molecule has 1 N–H and O–H groups in total. The third kappa shape index (κ3) is 3.45. The Bertz CT molecular complexity index is 563. The molecule has 0 spiro atoms. The molecule has 0 aromatic rings. The van der Waals surface area contributed by atoms with Crippen LogP contribution >= 0.6 is 0 Å². The quantitative estimate of drug-likeness (QED) is 0.401. The van der Waals surface area contributed by atoms with Gasteiger partial charge in [-0.1, -0.05) is 58.6 Å². The topological polar surface area (TPSA) is 20.2 Å². The maximum absolute atomic E-state index is 10.2. The molecule has 7 atom stereocenters. The number of aliphatic hydroxyl groups is 1. The van der Waals surface area contributed by atoms with Crippen molar-refractivity contribution in [2.75, 3.05) is 0 Å². The van der Waals surface area contributed by atoms with E-state index in [1.54, 1.807) is 5.57 Å². The second-order valence-corrected chi connectivity index (χ2v) is 11.7. The van der Waals surface area contributed by atoms with Gasteiger partial charge in [-0.3, -0.25) is 0 Å². The first-order valence-electron chi connectivity index (χ1n) is 12.2. The number of fused-ring (bicyclic) bond motifs is 5. The first-order chi connectivity index (χ1) is 12.8. The lowest BCUT2D eigenvalue weighted by molar-refractivity contribution is -0.0508. The summed E-state index contributed by atoms with van der Waals surface area (Å²) in [6.45, 7) is 9.97. The van der Waals surface area contributed by atoms with Crippen LogP contribution in [0.3, 0.4) is 0 Å². The zero-order valence-electron chi connectivity index (χ0n) is 18.5. The molecule has 0 aliphatic heterocycles. The van der Waals surface area contributed by atoms with Gasteiger partial charge in [0.15, 0.2) is 0 Å². The fourth-order valence-electron chi connectivity index (χ4n) is 8.17. The number of hydrogen-bond acceptors (Lipinski definition) is 1. The predicted octanol–water partition coefficient (Wildman–Crippen LogP) is 7.14. The molecule has 0 aromatic heterocycles. The number of hydrogen-bond donors (Lipinski definition) is 1. The number of rotatable bonds is 5. The normalized spacial score (nSPS) is 46.6. The SMILES string of the molecule is CC(C)CCCCC1CCC2C3CC=C4C[C@@H](O)CC[C@]4(C)C3CC[C@]12C. The molecule has 4 unspecified atom stereocenters. The van der Waals surface area contributed by atoms with Crippen LogP contribution in [0, 0.1) is 40.4 Å². The van der Waals surface area contributed by atoms with Crippen molar-refractivity contribution < 1.29 is 5.11 Å². The minimum absolute atomic E-state index is 0.0727. The van der Waals surface area contributed by atoms with Gasteiger partial charge in [0.1, 0.15) is 0 Å². The monoisotopic (exact) mass is 372 g/mol. The van der Waals surface area contributed by atoms with Crippen LogP contribution in [0.25, 0.3) is 0 Å². The fourth-order valence-corrected chi connectivity index (χ4v) is 8.17.